The van der Waals surface area contributed by atoms with Crippen LogP contribution in [0.2, 0.25) is 0 Å². The van der Waals surface area contributed by atoms with E-state index in [2.05, 4.69) is 9.88 Å². The van der Waals surface area contributed by atoms with E-state index >= 15 is 0 Å². The maximum absolute atomic E-state index is 12.3. The summed E-state index contributed by atoms with van der Waals surface area (Å²) in [6.07, 6.45) is 6.98. The number of rotatable bonds is 5. The second-order valence-corrected chi connectivity index (χ2v) is 6.70. The molecule has 1 aliphatic carbocycles. The fourth-order valence-corrected chi connectivity index (χ4v) is 3.76. The fourth-order valence-electron chi connectivity index (χ4n) is 3.76. The van der Waals surface area contributed by atoms with Crippen LogP contribution in [0.4, 0.5) is 5.82 Å². The average Bonchev–Trinajstić information content (AvgIpc) is 3.16. The summed E-state index contributed by atoms with van der Waals surface area (Å²) in [7, 11) is 1.94. The van der Waals surface area contributed by atoms with Gasteiger partial charge in [-0.2, -0.15) is 0 Å². The van der Waals surface area contributed by atoms with Gasteiger partial charge in [0.05, 0.1) is 0 Å². The number of likely N-dealkylation sites (tertiary alicyclic amines) is 1. The van der Waals surface area contributed by atoms with Crippen molar-refractivity contribution in [1.82, 2.24) is 9.88 Å². The van der Waals surface area contributed by atoms with Gasteiger partial charge in [-0.25, -0.2) is 4.98 Å². The molecular weight excluding hydrogens is 292 g/mol. The van der Waals surface area contributed by atoms with Crippen molar-refractivity contribution in [2.45, 2.75) is 38.1 Å². The van der Waals surface area contributed by atoms with Crippen molar-refractivity contribution in [1.29, 1.82) is 0 Å². The average molecular weight is 316 g/mol. The topological polar surface area (TPSA) is 79.5 Å². The van der Waals surface area contributed by atoms with Crippen LogP contribution in [-0.4, -0.2) is 47.9 Å². The number of hydrogen-bond donors (Lipinski definition) is 1. The standard InChI is InChI=1S/C17H24N4O2/c1-20(15-9-13(17(18)23)6-7-19-15)10-12-8-16(22)21(11-12)14-4-2-3-5-14/h6-7,9,12,14H,2-5,8,10-11H2,1H3,(H2,18,23). The number of aromatic nitrogens is 1. The summed E-state index contributed by atoms with van der Waals surface area (Å²) in [6.45, 7) is 1.59. The van der Waals surface area contributed by atoms with Crippen LogP contribution in [-0.2, 0) is 4.79 Å². The van der Waals surface area contributed by atoms with Crippen LogP contribution in [0.15, 0.2) is 18.3 Å². The Morgan fingerprint density at radius 2 is 2.17 bits per heavy atom. The van der Waals surface area contributed by atoms with Crippen LogP contribution in [0.5, 0.6) is 0 Å². The van der Waals surface area contributed by atoms with Crippen LogP contribution in [0.3, 0.4) is 0 Å². The normalized spacial score (nSPS) is 21.9. The van der Waals surface area contributed by atoms with Crippen molar-refractivity contribution in [3.05, 3.63) is 23.9 Å². The van der Waals surface area contributed by atoms with Gasteiger partial charge < -0.3 is 15.5 Å². The predicted octanol–water partition coefficient (Wildman–Crippen LogP) is 1.41. The van der Waals surface area contributed by atoms with E-state index in [9.17, 15) is 9.59 Å². The lowest BCUT2D eigenvalue weighted by atomic mass is 10.1. The van der Waals surface area contributed by atoms with Gasteiger partial charge in [0, 0.05) is 50.3 Å². The number of primary amides is 1. The van der Waals surface area contributed by atoms with Gasteiger partial charge >= 0.3 is 0 Å². The number of carbonyl (C=O) groups excluding carboxylic acids is 2. The van der Waals surface area contributed by atoms with Gasteiger partial charge in [0.2, 0.25) is 11.8 Å². The third kappa shape index (κ3) is 3.46. The lowest BCUT2D eigenvalue weighted by Crippen LogP contribution is -2.35. The lowest BCUT2D eigenvalue weighted by molar-refractivity contribution is -0.129. The molecular formula is C17H24N4O2. The molecule has 0 radical (unpaired) electrons. The molecule has 1 aromatic heterocycles. The zero-order valence-electron chi connectivity index (χ0n) is 13.6. The van der Waals surface area contributed by atoms with Crippen molar-refractivity contribution in [3.8, 4) is 0 Å². The molecule has 2 heterocycles. The minimum Gasteiger partial charge on any atom is -0.366 e. The number of amides is 2. The van der Waals surface area contributed by atoms with Gasteiger partial charge in [0.15, 0.2) is 0 Å². The molecule has 124 valence electrons. The van der Waals surface area contributed by atoms with Gasteiger partial charge in [-0.1, -0.05) is 12.8 Å². The van der Waals surface area contributed by atoms with Gasteiger partial charge in [0.1, 0.15) is 5.82 Å². The van der Waals surface area contributed by atoms with E-state index < -0.39 is 5.91 Å². The van der Waals surface area contributed by atoms with Crippen LogP contribution < -0.4 is 10.6 Å². The Kier molecular flexibility index (Phi) is 4.50. The lowest BCUT2D eigenvalue weighted by Gasteiger charge is -2.25. The Bertz CT molecular complexity index is 598. The molecule has 0 spiro atoms. The number of pyridine rings is 1. The summed E-state index contributed by atoms with van der Waals surface area (Å²) < 4.78 is 0. The Balaban J connectivity index is 1.62. The van der Waals surface area contributed by atoms with E-state index in [0.717, 1.165) is 25.9 Å². The smallest absolute Gasteiger partial charge is 0.248 e. The summed E-state index contributed by atoms with van der Waals surface area (Å²) >= 11 is 0. The van der Waals surface area contributed by atoms with Crippen molar-refractivity contribution in [2.24, 2.45) is 11.7 Å². The molecule has 6 heteroatoms. The number of nitrogens with two attached hydrogens (primary N) is 1. The van der Waals surface area contributed by atoms with E-state index in [0.29, 0.717) is 29.8 Å². The van der Waals surface area contributed by atoms with Crippen LogP contribution in [0.1, 0.15) is 42.5 Å². The number of hydrogen-bond acceptors (Lipinski definition) is 4. The van der Waals surface area contributed by atoms with Gasteiger partial charge in [0.25, 0.3) is 0 Å². The molecule has 3 rings (SSSR count). The minimum absolute atomic E-state index is 0.286. The Morgan fingerprint density at radius 1 is 1.43 bits per heavy atom. The van der Waals surface area contributed by atoms with Crippen molar-refractivity contribution >= 4 is 17.6 Å². The third-order valence-corrected chi connectivity index (χ3v) is 4.96. The molecule has 2 N–H and O–H groups in total. The first-order valence-electron chi connectivity index (χ1n) is 8.31. The first-order chi connectivity index (χ1) is 11.0. The summed E-state index contributed by atoms with van der Waals surface area (Å²) in [5.41, 5.74) is 5.77. The molecule has 1 saturated heterocycles. The monoisotopic (exact) mass is 316 g/mol. The molecule has 0 bridgehead atoms. The van der Waals surface area contributed by atoms with E-state index in [1.807, 2.05) is 11.9 Å². The number of anilines is 1. The maximum atomic E-state index is 12.3. The second kappa shape index (κ2) is 6.56. The highest BCUT2D eigenvalue weighted by atomic mass is 16.2. The van der Waals surface area contributed by atoms with E-state index in [1.165, 1.54) is 12.8 Å². The van der Waals surface area contributed by atoms with Crippen molar-refractivity contribution in [2.75, 3.05) is 25.0 Å². The summed E-state index contributed by atoms with van der Waals surface area (Å²) in [5.74, 6) is 0.861. The summed E-state index contributed by atoms with van der Waals surface area (Å²) in [6, 6.07) is 3.77. The molecule has 1 saturated carbocycles. The quantitative estimate of drug-likeness (QED) is 0.890. The molecule has 1 aromatic rings. The largest absolute Gasteiger partial charge is 0.366 e. The number of nitrogens with zero attached hydrogens (tertiary/aromatic N) is 3. The molecule has 2 amide bonds. The third-order valence-electron chi connectivity index (χ3n) is 4.96. The van der Waals surface area contributed by atoms with Gasteiger partial charge in [-0.05, 0) is 25.0 Å². The Morgan fingerprint density at radius 3 is 2.87 bits per heavy atom. The molecule has 1 atom stereocenters. The van der Waals surface area contributed by atoms with Gasteiger partial charge in [-0.15, -0.1) is 0 Å². The van der Waals surface area contributed by atoms with E-state index in [1.54, 1.807) is 18.3 Å². The molecule has 0 aromatic carbocycles. The first-order valence-corrected chi connectivity index (χ1v) is 8.31. The molecule has 1 unspecified atom stereocenters. The molecule has 1 aliphatic heterocycles. The van der Waals surface area contributed by atoms with Crippen LogP contribution in [0.25, 0.3) is 0 Å². The molecule has 2 fully saturated rings. The minimum atomic E-state index is -0.453. The first kappa shape index (κ1) is 15.8. The fraction of sp³-hybridized carbons (Fsp3) is 0.588. The SMILES string of the molecule is CN(CC1CC(=O)N(C2CCCC2)C1)c1cc(C(N)=O)ccn1. The predicted molar refractivity (Wildman–Crippen MR) is 88.1 cm³/mol. The van der Waals surface area contributed by atoms with E-state index in [4.69, 9.17) is 5.73 Å². The highest BCUT2D eigenvalue weighted by molar-refractivity contribution is 5.93. The van der Waals surface area contributed by atoms with Crippen LogP contribution >= 0.6 is 0 Å². The molecule has 6 nitrogen and oxygen atoms in total. The van der Waals surface area contributed by atoms with E-state index in [-0.39, 0.29) is 5.91 Å². The molecule has 2 aliphatic rings. The summed E-state index contributed by atoms with van der Waals surface area (Å²) in [5, 5.41) is 0. The zero-order chi connectivity index (χ0) is 16.4. The molecule has 23 heavy (non-hydrogen) atoms. The van der Waals surface area contributed by atoms with Crippen molar-refractivity contribution < 1.29 is 9.59 Å². The number of carbonyl (C=O) groups is 2. The van der Waals surface area contributed by atoms with Gasteiger partial charge in [-0.3, -0.25) is 9.59 Å². The Hall–Kier alpha value is -2.11. The highest BCUT2D eigenvalue weighted by Gasteiger charge is 2.35. The second-order valence-electron chi connectivity index (χ2n) is 6.70. The zero-order valence-corrected chi connectivity index (χ0v) is 13.6. The van der Waals surface area contributed by atoms with Crippen LogP contribution in [0, 0.1) is 5.92 Å². The highest BCUT2D eigenvalue weighted by Crippen LogP contribution is 2.30. The summed E-state index contributed by atoms with van der Waals surface area (Å²) in [4.78, 5) is 31.9. The Labute approximate surface area is 136 Å². The van der Waals surface area contributed by atoms with Crippen molar-refractivity contribution in [3.63, 3.8) is 0 Å². The maximum Gasteiger partial charge on any atom is 0.248 e.